The van der Waals surface area contributed by atoms with Gasteiger partial charge in [0.2, 0.25) is 0 Å². The molecule has 0 bridgehead atoms. The molecule has 0 atom stereocenters. The van der Waals surface area contributed by atoms with E-state index in [-0.39, 0.29) is 5.91 Å². The number of anilines is 3. The highest BCUT2D eigenvalue weighted by Gasteiger charge is 2.07. The van der Waals surface area contributed by atoms with E-state index in [2.05, 4.69) is 40.7 Å². The number of amides is 1. The summed E-state index contributed by atoms with van der Waals surface area (Å²) in [6.45, 7) is 2.77. The van der Waals surface area contributed by atoms with Gasteiger partial charge in [-0.2, -0.15) is 0 Å². The predicted molar refractivity (Wildman–Crippen MR) is 111 cm³/mol. The van der Waals surface area contributed by atoms with Gasteiger partial charge < -0.3 is 15.5 Å². The fraction of sp³-hybridized carbons (Fsp3) is 0.182. The largest absolute Gasteiger partial charge is 0.378 e. The van der Waals surface area contributed by atoms with Gasteiger partial charge in [0.25, 0.3) is 5.91 Å². The quantitative estimate of drug-likeness (QED) is 0.687. The standard InChI is InChI=1S/C22H24N4O/c1-16-5-4-6-17(13-16)14-23-21-12-7-18(15-24-21)22(27)25-19-8-10-20(11-9-19)26(2)3/h4-13,15H,14H2,1-3H3,(H,23,24)(H,25,27). The van der Waals surface area contributed by atoms with Gasteiger partial charge in [0, 0.05) is 38.2 Å². The molecule has 1 amide bonds. The van der Waals surface area contributed by atoms with E-state index < -0.39 is 0 Å². The van der Waals surface area contributed by atoms with Gasteiger partial charge >= 0.3 is 0 Å². The molecule has 0 unspecified atom stereocenters. The average Bonchev–Trinajstić information content (AvgIpc) is 2.67. The van der Waals surface area contributed by atoms with E-state index >= 15 is 0 Å². The molecule has 0 fully saturated rings. The van der Waals surface area contributed by atoms with Crippen LogP contribution in [0.15, 0.2) is 66.9 Å². The number of carbonyl (C=O) groups is 1. The summed E-state index contributed by atoms with van der Waals surface area (Å²) in [5.74, 6) is 0.564. The number of hydrogen-bond acceptors (Lipinski definition) is 4. The van der Waals surface area contributed by atoms with E-state index in [1.165, 1.54) is 11.1 Å². The molecule has 0 aliphatic carbocycles. The summed E-state index contributed by atoms with van der Waals surface area (Å²) >= 11 is 0. The lowest BCUT2D eigenvalue weighted by Gasteiger charge is -2.13. The van der Waals surface area contributed by atoms with E-state index in [1.807, 2.05) is 55.4 Å². The Kier molecular flexibility index (Phi) is 5.71. The Bertz CT molecular complexity index is 902. The second-order valence-electron chi connectivity index (χ2n) is 6.67. The zero-order valence-electron chi connectivity index (χ0n) is 15.9. The van der Waals surface area contributed by atoms with Crippen molar-refractivity contribution < 1.29 is 4.79 Å². The van der Waals surface area contributed by atoms with Gasteiger partial charge in [-0.3, -0.25) is 4.79 Å². The molecule has 0 saturated carbocycles. The Morgan fingerprint density at radius 3 is 2.44 bits per heavy atom. The first-order chi connectivity index (χ1) is 13.0. The van der Waals surface area contributed by atoms with Crippen LogP contribution in [-0.4, -0.2) is 25.0 Å². The molecule has 0 radical (unpaired) electrons. The highest BCUT2D eigenvalue weighted by molar-refractivity contribution is 6.04. The second-order valence-corrected chi connectivity index (χ2v) is 6.67. The maximum atomic E-state index is 12.4. The van der Waals surface area contributed by atoms with Crippen molar-refractivity contribution in [2.45, 2.75) is 13.5 Å². The van der Waals surface area contributed by atoms with Crippen LogP contribution in [0.4, 0.5) is 17.2 Å². The van der Waals surface area contributed by atoms with Crippen LogP contribution in [-0.2, 0) is 6.54 Å². The number of pyridine rings is 1. The molecule has 3 rings (SSSR count). The smallest absolute Gasteiger partial charge is 0.257 e. The molecular formula is C22H24N4O. The van der Waals surface area contributed by atoms with Gasteiger partial charge in [-0.05, 0) is 48.9 Å². The zero-order valence-corrected chi connectivity index (χ0v) is 15.9. The van der Waals surface area contributed by atoms with E-state index in [1.54, 1.807) is 12.3 Å². The van der Waals surface area contributed by atoms with Crippen LogP contribution in [0.3, 0.4) is 0 Å². The summed E-state index contributed by atoms with van der Waals surface area (Å²) in [4.78, 5) is 18.7. The number of rotatable bonds is 6. The zero-order chi connectivity index (χ0) is 19.2. The van der Waals surface area contributed by atoms with Gasteiger partial charge in [0.1, 0.15) is 5.82 Å². The predicted octanol–water partition coefficient (Wildman–Crippen LogP) is 4.32. The molecular weight excluding hydrogens is 336 g/mol. The molecule has 0 saturated heterocycles. The molecule has 0 aliphatic rings. The number of aromatic nitrogens is 1. The number of hydrogen-bond donors (Lipinski definition) is 2. The van der Waals surface area contributed by atoms with Crippen molar-refractivity contribution in [3.05, 3.63) is 83.6 Å². The van der Waals surface area contributed by atoms with Crippen molar-refractivity contribution in [2.24, 2.45) is 0 Å². The van der Waals surface area contributed by atoms with Crippen LogP contribution < -0.4 is 15.5 Å². The number of nitrogens with one attached hydrogen (secondary N) is 2. The maximum Gasteiger partial charge on any atom is 0.257 e. The van der Waals surface area contributed by atoms with Crippen LogP contribution in [0, 0.1) is 6.92 Å². The van der Waals surface area contributed by atoms with E-state index in [9.17, 15) is 4.79 Å². The van der Waals surface area contributed by atoms with Gasteiger partial charge in [-0.1, -0.05) is 29.8 Å². The Morgan fingerprint density at radius 1 is 1.04 bits per heavy atom. The minimum Gasteiger partial charge on any atom is -0.378 e. The molecule has 0 aliphatic heterocycles. The summed E-state index contributed by atoms with van der Waals surface area (Å²) < 4.78 is 0. The summed E-state index contributed by atoms with van der Waals surface area (Å²) in [6.07, 6.45) is 1.59. The first kappa shape index (κ1) is 18.5. The van der Waals surface area contributed by atoms with Crippen molar-refractivity contribution >= 4 is 23.1 Å². The summed E-state index contributed by atoms with van der Waals surface area (Å²) in [6, 6.07) is 19.6. The molecule has 2 N–H and O–H groups in total. The van der Waals surface area contributed by atoms with Crippen LogP contribution >= 0.6 is 0 Å². The Morgan fingerprint density at radius 2 is 1.81 bits per heavy atom. The second kappa shape index (κ2) is 8.36. The van der Waals surface area contributed by atoms with Gasteiger partial charge in [-0.25, -0.2) is 4.98 Å². The van der Waals surface area contributed by atoms with Crippen molar-refractivity contribution in [2.75, 3.05) is 29.6 Å². The van der Waals surface area contributed by atoms with Crippen molar-refractivity contribution in [1.29, 1.82) is 0 Å². The van der Waals surface area contributed by atoms with Gasteiger partial charge in [0.15, 0.2) is 0 Å². The van der Waals surface area contributed by atoms with Crippen LogP contribution in [0.5, 0.6) is 0 Å². The molecule has 138 valence electrons. The first-order valence-electron chi connectivity index (χ1n) is 8.85. The molecule has 5 heteroatoms. The number of benzene rings is 2. The number of aryl methyl sites for hydroxylation is 1. The summed E-state index contributed by atoms with van der Waals surface area (Å²) in [5.41, 5.74) is 4.78. The third-order valence-electron chi connectivity index (χ3n) is 4.22. The lowest BCUT2D eigenvalue weighted by atomic mass is 10.1. The molecule has 2 aromatic carbocycles. The fourth-order valence-electron chi connectivity index (χ4n) is 2.69. The first-order valence-corrected chi connectivity index (χ1v) is 8.85. The topological polar surface area (TPSA) is 57.3 Å². The molecule has 27 heavy (non-hydrogen) atoms. The molecule has 3 aromatic rings. The van der Waals surface area contributed by atoms with Gasteiger partial charge in [-0.15, -0.1) is 0 Å². The van der Waals surface area contributed by atoms with Gasteiger partial charge in [0.05, 0.1) is 5.56 Å². The average molecular weight is 360 g/mol. The van der Waals surface area contributed by atoms with Crippen LogP contribution in [0.1, 0.15) is 21.5 Å². The van der Waals surface area contributed by atoms with Crippen molar-refractivity contribution in [3.63, 3.8) is 0 Å². The lowest BCUT2D eigenvalue weighted by Crippen LogP contribution is -2.13. The Hall–Kier alpha value is -3.34. The van der Waals surface area contributed by atoms with E-state index in [4.69, 9.17) is 0 Å². The maximum absolute atomic E-state index is 12.4. The normalized spacial score (nSPS) is 10.3. The molecule has 1 aromatic heterocycles. The molecule has 5 nitrogen and oxygen atoms in total. The highest BCUT2D eigenvalue weighted by Crippen LogP contribution is 2.17. The lowest BCUT2D eigenvalue weighted by molar-refractivity contribution is 0.102. The van der Waals surface area contributed by atoms with Crippen LogP contribution in [0.2, 0.25) is 0 Å². The minimum absolute atomic E-state index is 0.176. The van der Waals surface area contributed by atoms with E-state index in [0.717, 1.165) is 17.2 Å². The highest BCUT2D eigenvalue weighted by atomic mass is 16.1. The summed E-state index contributed by atoms with van der Waals surface area (Å²) in [7, 11) is 3.96. The number of carbonyl (C=O) groups excluding carboxylic acids is 1. The van der Waals surface area contributed by atoms with Crippen molar-refractivity contribution in [1.82, 2.24) is 4.98 Å². The van der Waals surface area contributed by atoms with Crippen molar-refractivity contribution in [3.8, 4) is 0 Å². The number of nitrogens with zero attached hydrogens (tertiary/aromatic N) is 2. The third kappa shape index (κ3) is 5.07. The Labute approximate surface area is 160 Å². The molecule has 1 heterocycles. The minimum atomic E-state index is -0.176. The van der Waals surface area contributed by atoms with E-state index in [0.29, 0.717) is 12.1 Å². The fourth-order valence-corrected chi connectivity index (χ4v) is 2.69. The SMILES string of the molecule is Cc1cccc(CNc2ccc(C(=O)Nc3ccc(N(C)C)cc3)cn2)c1. The van der Waals surface area contributed by atoms with Crippen LogP contribution in [0.25, 0.3) is 0 Å². The Balaban J connectivity index is 1.58. The molecule has 0 spiro atoms. The third-order valence-corrected chi connectivity index (χ3v) is 4.22. The monoisotopic (exact) mass is 360 g/mol. The summed E-state index contributed by atoms with van der Waals surface area (Å²) in [5, 5.41) is 6.16.